The lowest BCUT2D eigenvalue weighted by molar-refractivity contribution is 0.415. The van der Waals surface area contributed by atoms with Crippen LogP contribution in [0.4, 0.5) is 23.1 Å². The summed E-state index contributed by atoms with van der Waals surface area (Å²) in [6.45, 7) is 0. The van der Waals surface area contributed by atoms with Crippen LogP contribution in [0.3, 0.4) is 0 Å². The average molecular weight is 409 g/mol. The van der Waals surface area contributed by atoms with Crippen molar-refractivity contribution in [2.45, 2.75) is 0 Å². The molecule has 9 heteroatoms. The zero-order chi connectivity index (χ0) is 20.2. The van der Waals surface area contributed by atoms with E-state index in [1.54, 1.807) is 38.7 Å². The fourth-order valence-electron chi connectivity index (χ4n) is 2.69. The third-order valence-corrected chi connectivity index (χ3v) is 4.39. The Kier molecular flexibility index (Phi) is 5.26. The van der Waals surface area contributed by atoms with Gasteiger partial charge >= 0.3 is 0 Å². The van der Waals surface area contributed by atoms with Crippen molar-refractivity contribution < 1.29 is 9.47 Å². The quantitative estimate of drug-likeness (QED) is 0.479. The van der Waals surface area contributed by atoms with Crippen molar-refractivity contribution in [3.63, 3.8) is 0 Å². The Bertz CT molecular complexity index is 1150. The molecule has 0 unspecified atom stereocenters. The maximum Gasteiger partial charge on any atom is 0.231 e. The van der Waals surface area contributed by atoms with Gasteiger partial charge in [-0.25, -0.2) is 9.97 Å². The maximum atomic E-state index is 6.20. The number of halogens is 1. The SMILES string of the molecule is COc1ccc(Nc2nc(Nc3ccc(OC)c(Cl)c3)nc3nccnc23)cc1. The molecule has 0 radical (unpaired) electrons. The number of hydrogen-bond donors (Lipinski definition) is 2. The van der Waals surface area contributed by atoms with E-state index in [0.29, 0.717) is 33.7 Å². The van der Waals surface area contributed by atoms with E-state index in [1.807, 2.05) is 30.3 Å². The van der Waals surface area contributed by atoms with E-state index in [-0.39, 0.29) is 0 Å². The zero-order valence-corrected chi connectivity index (χ0v) is 16.4. The minimum Gasteiger partial charge on any atom is -0.497 e. The number of benzene rings is 2. The van der Waals surface area contributed by atoms with Gasteiger partial charge in [-0.05, 0) is 42.5 Å². The normalized spacial score (nSPS) is 10.6. The van der Waals surface area contributed by atoms with Crippen LogP contribution in [0.2, 0.25) is 5.02 Å². The Morgan fingerprint density at radius 2 is 1.59 bits per heavy atom. The lowest BCUT2D eigenvalue weighted by Gasteiger charge is -2.12. The molecule has 0 aliphatic carbocycles. The molecule has 0 bridgehead atoms. The van der Waals surface area contributed by atoms with E-state index < -0.39 is 0 Å². The molecule has 0 aliphatic rings. The van der Waals surface area contributed by atoms with Crippen LogP contribution in [0, 0.1) is 0 Å². The summed E-state index contributed by atoms with van der Waals surface area (Å²) in [6.07, 6.45) is 3.18. The van der Waals surface area contributed by atoms with Crippen LogP contribution in [-0.2, 0) is 0 Å². The fraction of sp³-hybridized carbons (Fsp3) is 0.100. The zero-order valence-electron chi connectivity index (χ0n) is 15.7. The molecule has 0 spiro atoms. The summed E-state index contributed by atoms with van der Waals surface area (Å²) < 4.78 is 10.4. The standard InChI is InChI=1S/C20H17ClN6O2/c1-28-14-6-3-12(4-7-14)24-19-17-18(23-10-9-22-17)26-20(27-19)25-13-5-8-16(29-2)15(21)11-13/h3-11H,1-2H3,(H2,23,24,25,26,27). The Morgan fingerprint density at radius 3 is 2.31 bits per heavy atom. The van der Waals surface area contributed by atoms with Crippen LogP contribution in [-0.4, -0.2) is 34.2 Å². The molecule has 146 valence electrons. The first kappa shape index (κ1) is 18.7. The number of aromatic nitrogens is 4. The molecule has 29 heavy (non-hydrogen) atoms. The van der Waals surface area contributed by atoms with Crippen LogP contribution >= 0.6 is 11.6 Å². The summed E-state index contributed by atoms with van der Waals surface area (Å²) in [6, 6.07) is 12.8. The van der Waals surface area contributed by atoms with Crippen molar-refractivity contribution >= 4 is 45.9 Å². The van der Waals surface area contributed by atoms with Gasteiger partial charge in [0, 0.05) is 23.8 Å². The summed E-state index contributed by atoms with van der Waals surface area (Å²) in [5.74, 6) is 2.23. The van der Waals surface area contributed by atoms with Gasteiger partial charge in [0.1, 0.15) is 11.5 Å². The highest BCUT2D eigenvalue weighted by atomic mass is 35.5. The molecule has 0 atom stereocenters. The molecule has 2 N–H and O–H groups in total. The Balaban J connectivity index is 1.69. The van der Waals surface area contributed by atoms with Crippen LogP contribution < -0.4 is 20.1 Å². The molecule has 4 aromatic rings. The molecule has 8 nitrogen and oxygen atoms in total. The van der Waals surface area contributed by atoms with E-state index >= 15 is 0 Å². The van der Waals surface area contributed by atoms with Gasteiger partial charge < -0.3 is 20.1 Å². The molecule has 2 heterocycles. The topological polar surface area (TPSA) is 94.1 Å². The Morgan fingerprint density at radius 1 is 0.828 bits per heavy atom. The monoisotopic (exact) mass is 408 g/mol. The number of hydrogen-bond acceptors (Lipinski definition) is 8. The third-order valence-electron chi connectivity index (χ3n) is 4.09. The fourth-order valence-corrected chi connectivity index (χ4v) is 2.95. The molecule has 2 aromatic heterocycles. The van der Waals surface area contributed by atoms with E-state index in [0.717, 1.165) is 17.1 Å². The lowest BCUT2D eigenvalue weighted by Crippen LogP contribution is -2.04. The van der Waals surface area contributed by atoms with Gasteiger partial charge in [-0.15, -0.1) is 0 Å². The summed E-state index contributed by atoms with van der Waals surface area (Å²) in [7, 11) is 3.19. The van der Waals surface area contributed by atoms with Crippen LogP contribution in [0.1, 0.15) is 0 Å². The predicted octanol–water partition coefficient (Wildman–Crippen LogP) is 4.58. The molecular weight excluding hydrogens is 392 g/mol. The summed E-state index contributed by atoms with van der Waals surface area (Å²) >= 11 is 6.20. The Labute approximate surface area is 171 Å². The second-order valence-corrected chi connectivity index (χ2v) is 6.36. The smallest absolute Gasteiger partial charge is 0.231 e. The molecular formula is C20H17ClN6O2. The number of methoxy groups -OCH3 is 2. The van der Waals surface area contributed by atoms with E-state index in [2.05, 4.69) is 30.6 Å². The van der Waals surface area contributed by atoms with Crippen molar-refractivity contribution in [1.29, 1.82) is 0 Å². The minimum atomic E-state index is 0.357. The van der Waals surface area contributed by atoms with Crippen LogP contribution in [0.5, 0.6) is 11.5 Å². The van der Waals surface area contributed by atoms with Crippen molar-refractivity contribution in [2.24, 2.45) is 0 Å². The Hall–Kier alpha value is -3.65. The number of fused-ring (bicyclic) bond motifs is 1. The number of nitrogens with zero attached hydrogens (tertiary/aromatic N) is 4. The molecule has 0 aliphatic heterocycles. The lowest BCUT2D eigenvalue weighted by atomic mass is 10.3. The van der Waals surface area contributed by atoms with Crippen molar-refractivity contribution in [1.82, 2.24) is 19.9 Å². The summed E-state index contributed by atoms with van der Waals surface area (Å²) in [5.41, 5.74) is 2.56. The summed E-state index contributed by atoms with van der Waals surface area (Å²) in [5, 5.41) is 6.88. The highest BCUT2D eigenvalue weighted by Crippen LogP contribution is 2.29. The minimum absolute atomic E-state index is 0.357. The van der Waals surface area contributed by atoms with Gasteiger partial charge in [0.15, 0.2) is 17.0 Å². The molecule has 0 amide bonds. The molecule has 4 rings (SSSR count). The van der Waals surface area contributed by atoms with E-state index in [4.69, 9.17) is 21.1 Å². The second kappa shape index (κ2) is 8.15. The predicted molar refractivity (Wildman–Crippen MR) is 113 cm³/mol. The van der Waals surface area contributed by atoms with Gasteiger partial charge in [0.05, 0.1) is 19.2 Å². The van der Waals surface area contributed by atoms with Gasteiger partial charge in [-0.3, -0.25) is 0 Å². The van der Waals surface area contributed by atoms with E-state index in [9.17, 15) is 0 Å². The highest BCUT2D eigenvalue weighted by Gasteiger charge is 2.11. The van der Waals surface area contributed by atoms with Crippen molar-refractivity contribution in [3.8, 4) is 11.5 Å². The first-order chi connectivity index (χ1) is 14.2. The van der Waals surface area contributed by atoms with Gasteiger partial charge in [0.25, 0.3) is 0 Å². The van der Waals surface area contributed by atoms with Crippen LogP contribution in [0.15, 0.2) is 54.9 Å². The first-order valence-corrected chi connectivity index (χ1v) is 9.04. The first-order valence-electron chi connectivity index (χ1n) is 8.66. The molecule has 2 aromatic carbocycles. The molecule has 0 saturated carbocycles. The number of ether oxygens (including phenoxy) is 2. The number of anilines is 4. The largest absolute Gasteiger partial charge is 0.497 e. The average Bonchev–Trinajstić information content (AvgIpc) is 2.74. The highest BCUT2D eigenvalue weighted by molar-refractivity contribution is 6.32. The number of rotatable bonds is 6. The van der Waals surface area contributed by atoms with Crippen LogP contribution in [0.25, 0.3) is 11.2 Å². The van der Waals surface area contributed by atoms with Gasteiger partial charge in [-0.1, -0.05) is 11.6 Å². The number of nitrogens with one attached hydrogen (secondary N) is 2. The van der Waals surface area contributed by atoms with Gasteiger partial charge in [0.2, 0.25) is 5.95 Å². The second-order valence-electron chi connectivity index (χ2n) is 5.95. The third kappa shape index (κ3) is 4.12. The van der Waals surface area contributed by atoms with Gasteiger partial charge in [-0.2, -0.15) is 9.97 Å². The van der Waals surface area contributed by atoms with E-state index in [1.165, 1.54) is 0 Å². The molecule has 0 saturated heterocycles. The van der Waals surface area contributed by atoms with Crippen molar-refractivity contribution in [2.75, 3.05) is 24.9 Å². The van der Waals surface area contributed by atoms with Crippen molar-refractivity contribution in [3.05, 3.63) is 59.9 Å². The molecule has 0 fully saturated rings. The summed E-state index contributed by atoms with van der Waals surface area (Å²) in [4.78, 5) is 17.7. The maximum absolute atomic E-state index is 6.20.